The van der Waals surface area contributed by atoms with Crippen LogP contribution in [-0.4, -0.2) is 48.8 Å². The smallest absolute Gasteiger partial charge is 0.318 e. The highest BCUT2D eigenvalue weighted by molar-refractivity contribution is 5.75. The Balaban J connectivity index is 1.94. The first kappa shape index (κ1) is 17.3. The molecule has 0 saturated carbocycles. The third-order valence-electron chi connectivity index (χ3n) is 4.14. The van der Waals surface area contributed by atoms with Gasteiger partial charge in [0.15, 0.2) is 0 Å². The van der Waals surface area contributed by atoms with Crippen molar-refractivity contribution in [2.45, 2.75) is 32.2 Å². The van der Waals surface area contributed by atoms with E-state index in [1.807, 2.05) is 19.1 Å². The molecule has 1 aromatic rings. The average Bonchev–Trinajstić information content (AvgIpc) is 3.03. The largest absolute Gasteiger partial charge is 0.481 e. The number of furan rings is 1. The van der Waals surface area contributed by atoms with Gasteiger partial charge in [0, 0.05) is 26.6 Å². The van der Waals surface area contributed by atoms with Crippen molar-refractivity contribution in [1.82, 2.24) is 10.2 Å². The maximum absolute atomic E-state index is 12.4. The van der Waals surface area contributed by atoms with Crippen molar-refractivity contribution in [1.29, 1.82) is 0 Å². The molecule has 1 aliphatic rings. The first-order chi connectivity index (χ1) is 11.0. The molecule has 2 heterocycles. The summed E-state index contributed by atoms with van der Waals surface area (Å²) in [6.45, 7) is 3.20. The second-order valence-electron chi connectivity index (χ2n) is 5.71. The molecule has 128 valence electrons. The van der Waals surface area contributed by atoms with Crippen LogP contribution in [-0.2, 0) is 16.0 Å². The fourth-order valence-corrected chi connectivity index (χ4v) is 2.70. The Kier molecular flexibility index (Phi) is 6.04. The number of methoxy groups -OCH3 is 1. The molecule has 0 bridgehead atoms. The van der Waals surface area contributed by atoms with Crippen molar-refractivity contribution in [3.63, 3.8) is 0 Å². The number of nitrogens with one attached hydrogen (secondary N) is 1. The maximum Gasteiger partial charge on any atom is 0.318 e. The molecule has 1 aromatic heterocycles. The molecule has 0 aromatic carbocycles. The highest BCUT2D eigenvalue weighted by Gasteiger charge is 2.28. The van der Waals surface area contributed by atoms with E-state index in [1.54, 1.807) is 12.0 Å². The summed E-state index contributed by atoms with van der Waals surface area (Å²) in [6.07, 6.45) is 1.76. The van der Waals surface area contributed by atoms with Gasteiger partial charge in [-0.2, -0.15) is 0 Å². The minimum atomic E-state index is -0.787. The first-order valence-electron chi connectivity index (χ1n) is 7.91. The van der Waals surface area contributed by atoms with Crippen molar-refractivity contribution in [2.24, 2.45) is 5.92 Å². The van der Waals surface area contributed by atoms with E-state index in [4.69, 9.17) is 14.3 Å². The molecule has 1 unspecified atom stereocenters. The molecule has 2 rings (SSSR count). The summed E-state index contributed by atoms with van der Waals surface area (Å²) in [5, 5.41) is 11.9. The summed E-state index contributed by atoms with van der Waals surface area (Å²) < 4.78 is 10.9. The number of carbonyl (C=O) groups excluding carboxylic acids is 1. The molecule has 1 aliphatic heterocycles. The van der Waals surface area contributed by atoms with Gasteiger partial charge in [-0.25, -0.2) is 4.79 Å². The van der Waals surface area contributed by atoms with E-state index in [0.717, 1.165) is 12.2 Å². The van der Waals surface area contributed by atoms with Gasteiger partial charge in [-0.3, -0.25) is 4.79 Å². The number of amides is 2. The lowest BCUT2D eigenvalue weighted by atomic mass is 9.97. The number of urea groups is 1. The van der Waals surface area contributed by atoms with Gasteiger partial charge >= 0.3 is 12.0 Å². The van der Waals surface area contributed by atoms with Crippen LogP contribution in [0.15, 0.2) is 16.5 Å². The van der Waals surface area contributed by atoms with Crippen LogP contribution in [0.1, 0.15) is 37.3 Å². The lowest BCUT2D eigenvalue weighted by Crippen LogP contribution is -2.47. The highest BCUT2D eigenvalue weighted by atomic mass is 16.5. The van der Waals surface area contributed by atoms with E-state index in [0.29, 0.717) is 38.3 Å². The van der Waals surface area contributed by atoms with E-state index in [2.05, 4.69) is 5.32 Å². The Bertz CT molecular complexity index is 534. The third-order valence-corrected chi connectivity index (χ3v) is 4.14. The number of nitrogens with zero attached hydrogens (tertiary/aromatic N) is 1. The molecule has 1 fully saturated rings. The van der Waals surface area contributed by atoms with Gasteiger partial charge in [-0.1, -0.05) is 6.92 Å². The van der Waals surface area contributed by atoms with Gasteiger partial charge < -0.3 is 24.5 Å². The number of carbonyl (C=O) groups is 2. The number of piperidine rings is 1. The summed E-state index contributed by atoms with van der Waals surface area (Å²) in [4.78, 5) is 25.0. The third kappa shape index (κ3) is 4.48. The molecule has 23 heavy (non-hydrogen) atoms. The number of ether oxygens (including phenoxy) is 1. The van der Waals surface area contributed by atoms with E-state index in [9.17, 15) is 9.59 Å². The second kappa shape index (κ2) is 8.01. The minimum Gasteiger partial charge on any atom is -0.481 e. The Labute approximate surface area is 135 Å². The van der Waals surface area contributed by atoms with Crippen molar-refractivity contribution < 1.29 is 23.8 Å². The van der Waals surface area contributed by atoms with Gasteiger partial charge in [0.1, 0.15) is 17.6 Å². The van der Waals surface area contributed by atoms with Crippen LogP contribution in [0.5, 0.6) is 0 Å². The quantitative estimate of drug-likeness (QED) is 0.835. The summed E-state index contributed by atoms with van der Waals surface area (Å²) in [7, 11) is 1.57. The highest BCUT2D eigenvalue weighted by Crippen LogP contribution is 2.20. The van der Waals surface area contributed by atoms with Crippen LogP contribution < -0.4 is 5.32 Å². The Morgan fingerprint density at radius 2 is 2.13 bits per heavy atom. The molecule has 0 spiro atoms. The number of rotatable bonds is 6. The van der Waals surface area contributed by atoms with Gasteiger partial charge in [0.2, 0.25) is 0 Å². The van der Waals surface area contributed by atoms with E-state index in [-0.39, 0.29) is 18.0 Å². The molecular formula is C16H24N2O5. The van der Waals surface area contributed by atoms with Gasteiger partial charge in [-0.05, 0) is 25.0 Å². The standard InChI is InChI=1S/C16H24N2O5/c1-3-12-4-5-14(23-12)13(10-22-2)17-16(21)18-8-6-11(7-9-18)15(19)20/h4-5,11,13H,3,6-10H2,1-2H3,(H,17,21)(H,19,20). The van der Waals surface area contributed by atoms with E-state index < -0.39 is 5.97 Å². The summed E-state index contributed by atoms with van der Waals surface area (Å²) in [5.41, 5.74) is 0. The number of carboxylic acid groups (broad SMARTS) is 1. The minimum absolute atomic E-state index is 0.217. The molecule has 7 heteroatoms. The van der Waals surface area contributed by atoms with E-state index >= 15 is 0 Å². The lowest BCUT2D eigenvalue weighted by molar-refractivity contribution is -0.143. The predicted molar refractivity (Wildman–Crippen MR) is 83.2 cm³/mol. The summed E-state index contributed by atoms with van der Waals surface area (Å²) >= 11 is 0. The fraction of sp³-hybridized carbons (Fsp3) is 0.625. The molecule has 0 aliphatic carbocycles. The van der Waals surface area contributed by atoms with Gasteiger partial charge in [-0.15, -0.1) is 0 Å². The molecular weight excluding hydrogens is 300 g/mol. The predicted octanol–water partition coefficient (Wildman–Crippen LogP) is 2.04. The second-order valence-corrected chi connectivity index (χ2v) is 5.71. The SMILES string of the molecule is CCc1ccc(C(COC)NC(=O)N2CCC(C(=O)O)CC2)o1. The Morgan fingerprint density at radius 3 is 2.65 bits per heavy atom. The number of likely N-dealkylation sites (tertiary alicyclic amines) is 1. The van der Waals surface area contributed by atoms with Crippen LogP contribution in [0, 0.1) is 5.92 Å². The number of hydrogen-bond donors (Lipinski definition) is 2. The van der Waals surface area contributed by atoms with E-state index in [1.165, 1.54) is 0 Å². The molecule has 7 nitrogen and oxygen atoms in total. The number of hydrogen-bond acceptors (Lipinski definition) is 4. The van der Waals surface area contributed by atoms with Crippen LogP contribution in [0.2, 0.25) is 0 Å². The molecule has 2 N–H and O–H groups in total. The fourth-order valence-electron chi connectivity index (χ4n) is 2.70. The lowest BCUT2D eigenvalue weighted by Gasteiger charge is -2.31. The van der Waals surface area contributed by atoms with Crippen molar-refractivity contribution in [3.8, 4) is 0 Å². The van der Waals surface area contributed by atoms with Crippen LogP contribution in [0.4, 0.5) is 4.79 Å². The zero-order chi connectivity index (χ0) is 16.8. The van der Waals surface area contributed by atoms with Crippen molar-refractivity contribution in [2.75, 3.05) is 26.8 Å². The van der Waals surface area contributed by atoms with Crippen LogP contribution in [0.3, 0.4) is 0 Å². The summed E-state index contributed by atoms with van der Waals surface area (Å²) in [6, 6.07) is 3.16. The number of aliphatic carboxylic acids is 1. The monoisotopic (exact) mass is 324 g/mol. The van der Waals surface area contributed by atoms with Crippen LogP contribution in [0.25, 0.3) is 0 Å². The number of aryl methyl sites for hydroxylation is 1. The maximum atomic E-state index is 12.4. The Hall–Kier alpha value is -2.02. The average molecular weight is 324 g/mol. The number of carboxylic acids is 1. The molecule has 0 radical (unpaired) electrons. The van der Waals surface area contributed by atoms with Gasteiger partial charge in [0.25, 0.3) is 0 Å². The molecule has 2 amide bonds. The first-order valence-corrected chi connectivity index (χ1v) is 7.91. The zero-order valence-electron chi connectivity index (χ0n) is 13.6. The normalized spacial score (nSPS) is 17.0. The van der Waals surface area contributed by atoms with Crippen molar-refractivity contribution >= 4 is 12.0 Å². The van der Waals surface area contributed by atoms with Gasteiger partial charge in [0.05, 0.1) is 12.5 Å². The van der Waals surface area contributed by atoms with Crippen LogP contribution >= 0.6 is 0 Å². The topological polar surface area (TPSA) is 92.0 Å². The molecule has 1 atom stereocenters. The zero-order valence-corrected chi connectivity index (χ0v) is 13.6. The molecule has 1 saturated heterocycles. The van der Waals surface area contributed by atoms with Crippen molar-refractivity contribution in [3.05, 3.63) is 23.7 Å². The Morgan fingerprint density at radius 1 is 1.43 bits per heavy atom. The summed E-state index contributed by atoms with van der Waals surface area (Å²) in [5.74, 6) is 0.381.